The van der Waals surface area contributed by atoms with Crippen LogP contribution in [-0.2, 0) is 31.3 Å². The Morgan fingerprint density at radius 2 is 1.86 bits per heavy atom. The smallest absolute Gasteiger partial charge is 0.340 e. The number of aryl methyl sites for hydroxylation is 2. The molecule has 0 radical (unpaired) electrons. The predicted molar refractivity (Wildman–Crippen MR) is 132 cm³/mol. The fraction of sp³-hybridized carbons (Fsp3) is 0.292. The first-order valence-electron chi connectivity index (χ1n) is 11.2. The number of carbonyl (C=O) groups is 1. The molecule has 3 aromatic rings. The van der Waals surface area contributed by atoms with Crippen molar-refractivity contribution in [2.24, 2.45) is 5.16 Å². The Morgan fingerprint density at radius 3 is 2.49 bits per heavy atom. The second-order valence-electron chi connectivity index (χ2n) is 8.36. The van der Waals surface area contributed by atoms with Crippen LogP contribution in [0.5, 0.6) is 5.88 Å². The number of aromatic nitrogens is 2. The fourth-order valence-corrected chi connectivity index (χ4v) is 7.02. The van der Waals surface area contributed by atoms with Crippen LogP contribution in [0, 0.1) is 19.7 Å². The van der Waals surface area contributed by atoms with Crippen LogP contribution in [0.4, 0.5) is 4.39 Å². The number of nitrogens with zero attached hydrogens (tertiary/aromatic N) is 3. The van der Waals surface area contributed by atoms with Crippen molar-refractivity contribution in [3.63, 3.8) is 0 Å². The third kappa shape index (κ3) is 4.76. The van der Waals surface area contributed by atoms with Crippen molar-refractivity contribution in [1.29, 1.82) is 0 Å². The van der Waals surface area contributed by atoms with Crippen molar-refractivity contribution in [1.82, 2.24) is 9.78 Å². The van der Waals surface area contributed by atoms with Gasteiger partial charge in [-0.1, -0.05) is 5.16 Å². The van der Waals surface area contributed by atoms with Crippen molar-refractivity contribution in [3.8, 4) is 5.88 Å². The van der Waals surface area contributed by atoms with Gasteiger partial charge in [0.15, 0.2) is 15.6 Å². The minimum atomic E-state index is -4.43. The second kappa shape index (κ2) is 9.71. The molecule has 2 heterocycles. The van der Waals surface area contributed by atoms with Gasteiger partial charge in [0.2, 0.25) is 5.88 Å². The van der Waals surface area contributed by atoms with Crippen LogP contribution < -0.4 is 4.18 Å². The third-order valence-corrected chi connectivity index (χ3v) is 9.12. The summed E-state index contributed by atoms with van der Waals surface area (Å²) in [6.45, 7) is 5.05. The maximum Gasteiger partial charge on any atom is 0.340 e. The molecule has 0 fully saturated rings. The second-order valence-corrected chi connectivity index (χ2v) is 12.0. The van der Waals surface area contributed by atoms with E-state index in [2.05, 4.69) is 10.3 Å². The van der Waals surface area contributed by atoms with Gasteiger partial charge in [-0.3, -0.25) is 4.79 Å². The standard InChI is InChI=1S/C24H24FN3O7S2/c1-5-28-24(35-37(32,33)17-8-6-16(25)7-9-17)19(13-26-28)22(29)18-12-14(2)23-21(15(18)3)20(27-34-4)10-11-36(23,30)31/h6-9,12-13H,5,10-11H2,1-4H3. The van der Waals surface area contributed by atoms with Gasteiger partial charge < -0.3 is 9.02 Å². The van der Waals surface area contributed by atoms with Crippen molar-refractivity contribution in [2.45, 2.75) is 43.5 Å². The molecule has 0 amide bonds. The molecule has 1 aliphatic rings. The largest absolute Gasteiger partial charge is 0.399 e. The molecule has 37 heavy (non-hydrogen) atoms. The summed E-state index contributed by atoms with van der Waals surface area (Å²) in [5, 5.41) is 8.07. The average molecular weight is 550 g/mol. The number of benzene rings is 2. The molecule has 0 saturated carbocycles. The predicted octanol–water partition coefficient (Wildman–Crippen LogP) is 3.19. The van der Waals surface area contributed by atoms with E-state index in [4.69, 9.17) is 9.02 Å². The highest BCUT2D eigenvalue weighted by Crippen LogP contribution is 2.35. The molecule has 0 saturated heterocycles. The molecule has 0 aliphatic carbocycles. The minimum absolute atomic E-state index is 0.0863. The Labute approximate surface area is 213 Å². The van der Waals surface area contributed by atoms with Crippen LogP contribution in [0.3, 0.4) is 0 Å². The average Bonchev–Trinajstić information content (AvgIpc) is 3.24. The van der Waals surface area contributed by atoms with E-state index in [0.717, 1.165) is 24.3 Å². The van der Waals surface area contributed by atoms with E-state index in [1.807, 2.05) is 0 Å². The fourth-order valence-electron chi connectivity index (χ4n) is 4.28. The molecule has 0 N–H and O–H groups in total. The number of rotatable bonds is 7. The topological polar surface area (TPSA) is 134 Å². The number of fused-ring (bicyclic) bond motifs is 1. The van der Waals surface area contributed by atoms with E-state index in [0.29, 0.717) is 22.4 Å². The molecule has 0 unspecified atom stereocenters. The summed E-state index contributed by atoms with van der Waals surface area (Å²) in [7, 11) is -6.70. The number of oxime groups is 1. The quantitative estimate of drug-likeness (QED) is 0.249. The van der Waals surface area contributed by atoms with Gasteiger partial charge in [0.05, 0.1) is 22.6 Å². The van der Waals surface area contributed by atoms with E-state index in [9.17, 15) is 26.0 Å². The first kappa shape index (κ1) is 26.5. The highest BCUT2D eigenvalue weighted by Gasteiger charge is 2.35. The van der Waals surface area contributed by atoms with E-state index < -0.39 is 31.6 Å². The summed E-state index contributed by atoms with van der Waals surface area (Å²) >= 11 is 0. The van der Waals surface area contributed by atoms with E-state index in [1.165, 1.54) is 24.1 Å². The molecule has 1 aliphatic heterocycles. The van der Waals surface area contributed by atoms with Gasteiger partial charge in [-0.05, 0) is 62.2 Å². The summed E-state index contributed by atoms with van der Waals surface area (Å²) in [6.07, 6.45) is 1.30. The lowest BCUT2D eigenvalue weighted by Gasteiger charge is -2.23. The van der Waals surface area contributed by atoms with Gasteiger partial charge in [0.1, 0.15) is 23.4 Å². The highest BCUT2D eigenvalue weighted by atomic mass is 32.2. The lowest BCUT2D eigenvalue weighted by atomic mass is 9.91. The summed E-state index contributed by atoms with van der Waals surface area (Å²) in [6, 6.07) is 5.50. The van der Waals surface area contributed by atoms with E-state index in [-0.39, 0.29) is 45.5 Å². The SMILES string of the molecule is CCn1ncc(C(=O)c2cc(C)c3c(c2C)C(=NOC)CCS3(=O)=O)c1OS(=O)(=O)c1ccc(F)cc1. The number of hydrogen-bond donors (Lipinski definition) is 0. The Bertz CT molecular complexity index is 1640. The van der Waals surface area contributed by atoms with Crippen LogP contribution in [0.2, 0.25) is 0 Å². The number of sulfone groups is 1. The van der Waals surface area contributed by atoms with Gasteiger partial charge in [0.25, 0.3) is 0 Å². The minimum Gasteiger partial charge on any atom is -0.399 e. The Hall–Kier alpha value is -3.58. The Kier molecular flexibility index (Phi) is 6.95. The molecule has 2 aromatic carbocycles. The summed E-state index contributed by atoms with van der Waals surface area (Å²) in [5.74, 6) is -1.69. The first-order chi connectivity index (χ1) is 17.4. The van der Waals surface area contributed by atoms with Gasteiger partial charge in [0, 0.05) is 24.1 Å². The molecule has 4 rings (SSSR count). The number of carbonyl (C=O) groups excluding carboxylic acids is 1. The van der Waals surface area contributed by atoms with Gasteiger partial charge >= 0.3 is 10.1 Å². The van der Waals surface area contributed by atoms with Crippen LogP contribution in [0.1, 0.15) is 46.0 Å². The van der Waals surface area contributed by atoms with Gasteiger partial charge in [-0.2, -0.15) is 13.5 Å². The zero-order valence-corrected chi connectivity index (χ0v) is 22.1. The zero-order valence-electron chi connectivity index (χ0n) is 20.5. The summed E-state index contributed by atoms with van der Waals surface area (Å²) in [5.41, 5.74) is 1.37. The van der Waals surface area contributed by atoms with Crippen LogP contribution in [-0.4, -0.2) is 51.0 Å². The number of ketones is 1. The summed E-state index contributed by atoms with van der Waals surface area (Å²) in [4.78, 5) is 18.4. The Balaban J connectivity index is 1.86. The molecule has 196 valence electrons. The lowest BCUT2D eigenvalue weighted by molar-refractivity contribution is 0.103. The maximum atomic E-state index is 13.7. The normalized spacial score (nSPS) is 15.9. The molecular weight excluding hydrogens is 525 g/mol. The van der Waals surface area contributed by atoms with Crippen molar-refractivity contribution < 1.29 is 35.0 Å². The molecule has 0 bridgehead atoms. The molecular formula is C24H24FN3O7S2. The molecule has 1 aromatic heterocycles. The van der Waals surface area contributed by atoms with E-state index in [1.54, 1.807) is 20.8 Å². The number of halogens is 1. The van der Waals surface area contributed by atoms with Crippen LogP contribution in [0.15, 0.2) is 51.5 Å². The van der Waals surface area contributed by atoms with Crippen molar-refractivity contribution >= 4 is 31.5 Å². The molecule has 13 heteroatoms. The Morgan fingerprint density at radius 1 is 1.19 bits per heavy atom. The monoisotopic (exact) mass is 549 g/mol. The maximum absolute atomic E-state index is 13.7. The number of hydrogen-bond acceptors (Lipinski definition) is 9. The molecule has 10 nitrogen and oxygen atoms in total. The zero-order chi connectivity index (χ0) is 27.1. The lowest BCUT2D eigenvalue weighted by Crippen LogP contribution is -2.26. The highest BCUT2D eigenvalue weighted by molar-refractivity contribution is 7.91. The van der Waals surface area contributed by atoms with Crippen LogP contribution >= 0.6 is 0 Å². The van der Waals surface area contributed by atoms with Crippen molar-refractivity contribution in [3.05, 3.63) is 70.2 Å². The first-order valence-corrected chi connectivity index (χ1v) is 14.2. The van der Waals surface area contributed by atoms with Crippen LogP contribution in [0.25, 0.3) is 0 Å². The molecule has 0 atom stereocenters. The summed E-state index contributed by atoms with van der Waals surface area (Å²) < 4.78 is 71.3. The molecule has 0 spiro atoms. The van der Waals surface area contributed by atoms with Gasteiger partial charge in [-0.15, -0.1) is 0 Å². The van der Waals surface area contributed by atoms with E-state index >= 15 is 0 Å². The third-order valence-electron chi connectivity index (χ3n) is 6.00. The van der Waals surface area contributed by atoms with Gasteiger partial charge in [-0.25, -0.2) is 17.5 Å². The van der Waals surface area contributed by atoms with Crippen molar-refractivity contribution in [2.75, 3.05) is 12.9 Å².